The molecule has 1 aliphatic rings. The van der Waals surface area contributed by atoms with Crippen LogP contribution in [0.15, 0.2) is 0 Å². The molecule has 1 fully saturated rings. The van der Waals surface area contributed by atoms with Crippen molar-refractivity contribution in [2.24, 2.45) is 5.92 Å². The first-order chi connectivity index (χ1) is 9.13. The molecule has 3 heteroatoms. The van der Waals surface area contributed by atoms with E-state index in [0.717, 1.165) is 18.5 Å². The molecule has 1 saturated carbocycles. The van der Waals surface area contributed by atoms with Gasteiger partial charge in [-0.15, -0.1) is 0 Å². The fourth-order valence-corrected chi connectivity index (χ4v) is 3.06. The third kappa shape index (κ3) is 7.28. The number of rotatable bonds is 8. The van der Waals surface area contributed by atoms with E-state index in [1.165, 1.54) is 58.2 Å². The van der Waals surface area contributed by atoms with Crippen LogP contribution in [0.4, 0.5) is 0 Å². The molecule has 19 heavy (non-hydrogen) atoms. The zero-order valence-electron chi connectivity index (χ0n) is 13.6. The Balaban J connectivity index is 2.40. The summed E-state index contributed by atoms with van der Waals surface area (Å²) in [6.45, 7) is 7.06. The second kappa shape index (κ2) is 9.73. The number of nitrogens with zero attached hydrogens (tertiary/aromatic N) is 2. The molecule has 0 spiro atoms. The standard InChI is InChI=1S/C16H35N3/c1-5-11-17-16-10-8-6-7-9-15(16)14-19(4)13-12-18(2)3/h15-17H,5-14H2,1-4H3. The van der Waals surface area contributed by atoms with Crippen LogP contribution >= 0.6 is 0 Å². The summed E-state index contributed by atoms with van der Waals surface area (Å²) < 4.78 is 0. The van der Waals surface area contributed by atoms with Gasteiger partial charge >= 0.3 is 0 Å². The van der Waals surface area contributed by atoms with Crippen molar-refractivity contribution in [3.63, 3.8) is 0 Å². The van der Waals surface area contributed by atoms with E-state index in [1.807, 2.05) is 0 Å². The zero-order valence-corrected chi connectivity index (χ0v) is 13.6. The highest BCUT2D eigenvalue weighted by molar-refractivity contribution is 4.81. The predicted molar refractivity (Wildman–Crippen MR) is 84.7 cm³/mol. The Kier molecular flexibility index (Phi) is 8.67. The van der Waals surface area contributed by atoms with Crippen molar-refractivity contribution in [1.29, 1.82) is 0 Å². The SMILES string of the molecule is CCCNC1CCCCCC1CN(C)CCN(C)C. The van der Waals surface area contributed by atoms with Crippen LogP contribution in [0.5, 0.6) is 0 Å². The van der Waals surface area contributed by atoms with Crippen molar-refractivity contribution in [3.05, 3.63) is 0 Å². The minimum absolute atomic E-state index is 0.754. The average Bonchev–Trinajstić information content (AvgIpc) is 2.59. The van der Waals surface area contributed by atoms with Gasteiger partial charge in [0.1, 0.15) is 0 Å². The molecule has 1 aliphatic carbocycles. The molecule has 0 radical (unpaired) electrons. The molecule has 0 amide bonds. The van der Waals surface area contributed by atoms with Gasteiger partial charge in [-0.3, -0.25) is 0 Å². The van der Waals surface area contributed by atoms with Crippen molar-refractivity contribution in [3.8, 4) is 0 Å². The summed E-state index contributed by atoms with van der Waals surface area (Å²) in [5, 5.41) is 3.79. The molecule has 0 aromatic rings. The van der Waals surface area contributed by atoms with E-state index in [1.54, 1.807) is 0 Å². The van der Waals surface area contributed by atoms with Gasteiger partial charge in [0.05, 0.1) is 0 Å². The topological polar surface area (TPSA) is 18.5 Å². The van der Waals surface area contributed by atoms with E-state index in [2.05, 4.69) is 43.2 Å². The van der Waals surface area contributed by atoms with Gasteiger partial charge in [0.25, 0.3) is 0 Å². The molecule has 0 heterocycles. The highest BCUT2D eigenvalue weighted by Gasteiger charge is 2.24. The maximum atomic E-state index is 3.79. The maximum Gasteiger partial charge on any atom is 0.0107 e. The van der Waals surface area contributed by atoms with Gasteiger partial charge in [-0.05, 0) is 52.9 Å². The van der Waals surface area contributed by atoms with Crippen LogP contribution in [0, 0.1) is 5.92 Å². The summed E-state index contributed by atoms with van der Waals surface area (Å²) in [4.78, 5) is 4.80. The average molecular weight is 269 g/mol. The van der Waals surface area contributed by atoms with Crippen LogP contribution in [-0.2, 0) is 0 Å². The normalized spacial score (nSPS) is 24.9. The lowest BCUT2D eigenvalue weighted by molar-refractivity contribution is 0.209. The summed E-state index contributed by atoms with van der Waals surface area (Å²) >= 11 is 0. The molecular weight excluding hydrogens is 234 g/mol. The molecule has 114 valence electrons. The summed E-state index contributed by atoms with van der Waals surface area (Å²) in [5.74, 6) is 0.848. The molecule has 2 unspecified atom stereocenters. The predicted octanol–water partition coefficient (Wildman–Crippen LogP) is 2.43. The lowest BCUT2D eigenvalue weighted by atomic mass is 9.94. The highest BCUT2D eigenvalue weighted by Crippen LogP contribution is 2.24. The van der Waals surface area contributed by atoms with Crippen molar-refractivity contribution in [2.45, 2.75) is 51.5 Å². The number of hydrogen-bond acceptors (Lipinski definition) is 3. The van der Waals surface area contributed by atoms with Gasteiger partial charge in [-0.2, -0.15) is 0 Å². The van der Waals surface area contributed by atoms with Crippen molar-refractivity contribution < 1.29 is 0 Å². The first kappa shape index (κ1) is 16.9. The summed E-state index contributed by atoms with van der Waals surface area (Å²) in [5.41, 5.74) is 0. The highest BCUT2D eigenvalue weighted by atomic mass is 15.2. The summed E-state index contributed by atoms with van der Waals surface area (Å²) in [6, 6.07) is 0.754. The van der Waals surface area contributed by atoms with Crippen LogP contribution in [-0.4, -0.2) is 63.2 Å². The second-order valence-electron chi connectivity index (χ2n) is 6.52. The largest absolute Gasteiger partial charge is 0.314 e. The third-order valence-corrected chi connectivity index (χ3v) is 4.29. The summed E-state index contributed by atoms with van der Waals surface area (Å²) in [6.07, 6.45) is 8.32. The molecule has 0 bridgehead atoms. The first-order valence-corrected chi connectivity index (χ1v) is 8.20. The number of hydrogen-bond donors (Lipinski definition) is 1. The molecule has 2 atom stereocenters. The molecule has 3 nitrogen and oxygen atoms in total. The van der Waals surface area contributed by atoms with Crippen LogP contribution in [0.3, 0.4) is 0 Å². The van der Waals surface area contributed by atoms with E-state index < -0.39 is 0 Å². The van der Waals surface area contributed by atoms with E-state index >= 15 is 0 Å². The quantitative estimate of drug-likeness (QED) is 0.683. The first-order valence-electron chi connectivity index (χ1n) is 8.20. The van der Waals surface area contributed by atoms with Crippen LogP contribution in [0.2, 0.25) is 0 Å². The van der Waals surface area contributed by atoms with Crippen molar-refractivity contribution in [1.82, 2.24) is 15.1 Å². The van der Waals surface area contributed by atoms with Crippen LogP contribution in [0.1, 0.15) is 45.4 Å². The van der Waals surface area contributed by atoms with Crippen molar-refractivity contribution in [2.75, 3.05) is 47.3 Å². The Labute approximate surface area is 120 Å². The van der Waals surface area contributed by atoms with Gasteiger partial charge < -0.3 is 15.1 Å². The van der Waals surface area contributed by atoms with E-state index in [0.29, 0.717) is 0 Å². The number of likely N-dealkylation sites (N-methyl/N-ethyl adjacent to an activating group) is 2. The Bertz CT molecular complexity index is 218. The van der Waals surface area contributed by atoms with Crippen LogP contribution < -0.4 is 5.32 Å². The zero-order chi connectivity index (χ0) is 14.1. The van der Waals surface area contributed by atoms with E-state index in [-0.39, 0.29) is 0 Å². The molecular formula is C16H35N3. The molecule has 0 aromatic carbocycles. The van der Waals surface area contributed by atoms with Gasteiger partial charge in [0.15, 0.2) is 0 Å². The van der Waals surface area contributed by atoms with Gasteiger partial charge in [-0.25, -0.2) is 0 Å². The van der Waals surface area contributed by atoms with Gasteiger partial charge in [0, 0.05) is 25.7 Å². The Morgan fingerprint density at radius 2 is 1.74 bits per heavy atom. The number of nitrogens with one attached hydrogen (secondary N) is 1. The minimum atomic E-state index is 0.754. The van der Waals surface area contributed by atoms with Crippen molar-refractivity contribution >= 4 is 0 Å². The fourth-order valence-electron chi connectivity index (χ4n) is 3.06. The van der Waals surface area contributed by atoms with E-state index in [9.17, 15) is 0 Å². The molecule has 0 aliphatic heterocycles. The molecule has 0 aromatic heterocycles. The maximum absolute atomic E-state index is 3.79. The van der Waals surface area contributed by atoms with Gasteiger partial charge in [-0.1, -0.05) is 26.2 Å². The lowest BCUT2D eigenvalue weighted by Gasteiger charge is -2.30. The van der Waals surface area contributed by atoms with Gasteiger partial charge in [0.2, 0.25) is 0 Å². The molecule has 1 rings (SSSR count). The summed E-state index contributed by atoms with van der Waals surface area (Å²) in [7, 11) is 6.60. The monoisotopic (exact) mass is 269 g/mol. The minimum Gasteiger partial charge on any atom is -0.314 e. The smallest absolute Gasteiger partial charge is 0.0107 e. The Morgan fingerprint density at radius 3 is 2.42 bits per heavy atom. The Hall–Kier alpha value is -0.120. The fraction of sp³-hybridized carbons (Fsp3) is 1.00. The lowest BCUT2D eigenvalue weighted by Crippen LogP contribution is -2.42. The molecule has 1 N–H and O–H groups in total. The second-order valence-corrected chi connectivity index (χ2v) is 6.52. The van der Waals surface area contributed by atoms with Crippen LogP contribution in [0.25, 0.3) is 0 Å². The van der Waals surface area contributed by atoms with E-state index in [4.69, 9.17) is 0 Å². The molecule has 0 saturated heterocycles. The third-order valence-electron chi connectivity index (χ3n) is 4.29. The Morgan fingerprint density at radius 1 is 1.00 bits per heavy atom.